The molecule has 0 spiro atoms. The van der Waals surface area contributed by atoms with E-state index in [1.165, 1.54) is 19.3 Å². The summed E-state index contributed by atoms with van der Waals surface area (Å²) in [6.07, 6.45) is 5.94. The molecule has 0 saturated heterocycles. The average Bonchev–Trinajstić information content (AvgIpc) is 2.52. The summed E-state index contributed by atoms with van der Waals surface area (Å²) in [5, 5.41) is 8.87. The Kier molecular flexibility index (Phi) is 5.58. The molecule has 2 rings (SSSR count). The number of aromatic carboxylic acids is 1. The Hall–Kier alpha value is -1.84. The Labute approximate surface area is 132 Å². The van der Waals surface area contributed by atoms with Crippen LogP contribution in [-0.2, 0) is 11.2 Å². The summed E-state index contributed by atoms with van der Waals surface area (Å²) in [5.74, 6) is -0.160. The monoisotopic (exact) mass is 303 g/mol. The van der Waals surface area contributed by atoms with Crippen molar-refractivity contribution in [1.82, 2.24) is 4.90 Å². The summed E-state index contributed by atoms with van der Waals surface area (Å²) in [4.78, 5) is 25.1. The summed E-state index contributed by atoms with van der Waals surface area (Å²) in [7, 11) is 1.92. The highest BCUT2D eigenvalue weighted by Gasteiger charge is 2.27. The minimum atomic E-state index is -0.923. The molecular formula is C18H25NO3. The maximum Gasteiger partial charge on any atom is 0.335 e. The molecule has 0 radical (unpaired) electrons. The van der Waals surface area contributed by atoms with Gasteiger partial charge in [-0.05, 0) is 42.9 Å². The molecule has 1 fully saturated rings. The molecule has 0 heterocycles. The maximum atomic E-state index is 12.4. The number of hydrogen-bond donors (Lipinski definition) is 1. The fourth-order valence-corrected chi connectivity index (χ4v) is 3.30. The Morgan fingerprint density at radius 2 is 1.82 bits per heavy atom. The number of aryl methyl sites for hydroxylation is 1. The summed E-state index contributed by atoms with van der Waals surface area (Å²) < 4.78 is 0. The molecule has 1 aromatic rings. The molecule has 1 aliphatic rings. The van der Waals surface area contributed by atoms with Crippen molar-refractivity contribution in [3.63, 3.8) is 0 Å². The van der Waals surface area contributed by atoms with Gasteiger partial charge in [-0.15, -0.1) is 0 Å². The lowest BCUT2D eigenvalue weighted by atomic mass is 9.85. The standard InChI is InChI=1S/C18H25NO3/c1-13-5-3-4-6-16(13)19(2)17(20)12-9-14-7-10-15(11-8-14)18(21)22/h7-8,10-11,13,16H,3-6,9,12H2,1-2H3,(H,21,22). The maximum absolute atomic E-state index is 12.4. The normalized spacial score (nSPS) is 21.4. The number of carbonyl (C=O) groups is 2. The van der Waals surface area contributed by atoms with E-state index in [0.29, 0.717) is 24.8 Å². The topological polar surface area (TPSA) is 57.6 Å². The lowest BCUT2D eigenvalue weighted by Crippen LogP contribution is -2.42. The Bertz CT molecular complexity index is 524. The van der Waals surface area contributed by atoms with E-state index in [4.69, 9.17) is 5.11 Å². The highest BCUT2D eigenvalue weighted by molar-refractivity contribution is 5.87. The van der Waals surface area contributed by atoms with Crippen LogP contribution in [0.5, 0.6) is 0 Å². The number of carboxylic acid groups (broad SMARTS) is 1. The Morgan fingerprint density at radius 1 is 1.18 bits per heavy atom. The second kappa shape index (κ2) is 7.43. The van der Waals surface area contributed by atoms with Crippen LogP contribution in [0.3, 0.4) is 0 Å². The lowest BCUT2D eigenvalue weighted by molar-refractivity contribution is -0.133. The van der Waals surface area contributed by atoms with E-state index in [2.05, 4.69) is 6.92 Å². The van der Waals surface area contributed by atoms with Crippen LogP contribution in [0.15, 0.2) is 24.3 Å². The lowest BCUT2D eigenvalue weighted by Gasteiger charge is -2.36. The van der Waals surface area contributed by atoms with Gasteiger partial charge >= 0.3 is 5.97 Å². The van der Waals surface area contributed by atoms with Crippen LogP contribution in [0.2, 0.25) is 0 Å². The van der Waals surface area contributed by atoms with E-state index in [1.807, 2.05) is 11.9 Å². The van der Waals surface area contributed by atoms with Crippen molar-refractivity contribution in [2.45, 2.75) is 51.5 Å². The molecule has 0 bridgehead atoms. The van der Waals surface area contributed by atoms with E-state index in [-0.39, 0.29) is 11.5 Å². The first-order valence-electron chi connectivity index (χ1n) is 8.07. The highest BCUT2D eigenvalue weighted by Crippen LogP contribution is 2.27. The fourth-order valence-electron chi connectivity index (χ4n) is 3.30. The van der Waals surface area contributed by atoms with Crippen molar-refractivity contribution in [3.05, 3.63) is 35.4 Å². The SMILES string of the molecule is CC1CCCCC1N(C)C(=O)CCc1ccc(C(=O)O)cc1. The molecule has 22 heavy (non-hydrogen) atoms. The van der Waals surface area contributed by atoms with Gasteiger partial charge in [-0.1, -0.05) is 31.9 Å². The van der Waals surface area contributed by atoms with E-state index >= 15 is 0 Å². The first kappa shape index (κ1) is 16.5. The largest absolute Gasteiger partial charge is 0.478 e. The summed E-state index contributed by atoms with van der Waals surface area (Å²) in [6.45, 7) is 2.23. The molecule has 4 nitrogen and oxygen atoms in total. The van der Waals surface area contributed by atoms with Crippen LogP contribution in [0.4, 0.5) is 0 Å². The van der Waals surface area contributed by atoms with Gasteiger partial charge in [0.2, 0.25) is 5.91 Å². The first-order valence-corrected chi connectivity index (χ1v) is 8.07. The number of carboxylic acids is 1. The fraction of sp³-hybridized carbons (Fsp3) is 0.556. The third-order valence-corrected chi connectivity index (χ3v) is 4.79. The zero-order valence-corrected chi connectivity index (χ0v) is 13.4. The van der Waals surface area contributed by atoms with Crippen molar-refractivity contribution in [2.75, 3.05) is 7.05 Å². The van der Waals surface area contributed by atoms with Gasteiger partial charge in [0.15, 0.2) is 0 Å². The number of carbonyl (C=O) groups excluding carboxylic acids is 1. The van der Waals surface area contributed by atoms with Gasteiger partial charge in [0.25, 0.3) is 0 Å². The van der Waals surface area contributed by atoms with Crippen LogP contribution < -0.4 is 0 Å². The molecule has 0 aromatic heterocycles. The minimum Gasteiger partial charge on any atom is -0.478 e. The predicted octanol–water partition coefficient (Wildman–Crippen LogP) is 3.35. The number of benzene rings is 1. The predicted molar refractivity (Wildman–Crippen MR) is 85.9 cm³/mol. The molecule has 1 aromatic carbocycles. The Morgan fingerprint density at radius 3 is 2.41 bits per heavy atom. The van der Waals surface area contributed by atoms with E-state index in [0.717, 1.165) is 12.0 Å². The van der Waals surface area contributed by atoms with Gasteiger partial charge in [-0.25, -0.2) is 4.79 Å². The average molecular weight is 303 g/mol. The molecule has 0 aliphatic heterocycles. The van der Waals surface area contributed by atoms with Crippen molar-refractivity contribution in [1.29, 1.82) is 0 Å². The van der Waals surface area contributed by atoms with Gasteiger partial charge in [-0.2, -0.15) is 0 Å². The number of rotatable bonds is 5. The van der Waals surface area contributed by atoms with Gasteiger partial charge in [0.1, 0.15) is 0 Å². The number of hydrogen-bond acceptors (Lipinski definition) is 2. The van der Waals surface area contributed by atoms with E-state index in [1.54, 1.807) is 24.3 Å². The molecule has 2 unspecified atom stereocenters. The van der Waals surface area contributed by atoms with Gasteiger partial charge in [-0.3, -0.25) is 4.79 Å². The van der Waals surface area contributed by atoms with Gasteiger partial charge in [0.05, 0.1) is 5.56 Å². The van der Waals surface area contributed by atoms with Crippen molar-refractivity contribution in [3.8, 4) is 0 Å². The summed E-state index contributed by atoms with van der Waals surface area (Å²) in [5.41, 5.74) is 1.28. The first-order chi connectivity index (χ1) is 10.5. The summed E-state index contributed by atoms with van der Waals surface area (Å²) in [6, 6.07) is 7.14. The molecule has 4 heteroatoms. The van der Waals surface area contributed by atoms with Crippen LogP contribution in [-0.4, -0.2) is 35.0 Å². The van der Waals surface area contributed by atoms with Crippen molar-refractivity contribution in [2.24, 2.45) is 5.92 Å². The number of amides is 1. The van der Waals surface area contributed by atoms with E-state index in [9.17, 15) is 9.59 Å². The second-order valence-corrected chi connectivity index (χ2v) is 6.34. The van der Waals surface area contributed by atoms with Crippen LogP contribution in [0.1, 0.15) is 54.9 Å². The van der Waals surface area contributed by atoms with Crippen molar-refractivity contribution >= 4 is 11.9 Å². The molecule has 120 valence electrons. The second-order valence-electron chi connectivity index (χ2n) is 6.34. The third kappa shape index (κ3) is 4.09. The van der Waals surface area contributed by atoms with E-state index < -0.39 is 5.97 Å². The molecule has 2 atom stereocenters. The van der Waals surface area contributed by atoms with Crippen LogP contribution >= 0.6 is 0 Å². The zero-order chi connectivity index (χ0) is 16.1. The molecular weight excluding hydrogens is 278 g/mol. The van der Waals surface area contributed by atoms with Crippen LogP contribution in [0, 0.1) is 5.92 Å². The van der Waals surface area contributed by atoms with Crippen LogP contribution in [0.25, 0.3) is 0 Å². The third-order valence-electron chi connectivity index (χ3n) is 4.79. The molecule has 1 saturated carbocycles. The molecule has 1 aliphatic carbocycles. The Balaban J connectivity index is 1.87. The van der Waals surface area contributed by atoms with Gasteiger partial charge < -0.3 is 10.0 Å². The number of nitrogens with zero attached hydrogens (tertiary/aromatic N) is 1. The quantitative estimate of drug-likeness (QED) is 0.907. The highest BCUT2D eigenvalue weighted by atomic mass is 16.4. The minimum absolute atomic E-state index is 0.182. The summed E-state index contributed by atoms with van der Waals surface area (Å²) >= 11 is 0. The smallest absolute Gasteiger partial charge is 0.335 e. The molecule has 1 amide bonds. The van der Waals surface area contributed by atoms with Crippen molar-refractivity contribution < 1.29 is 14.7 Å². The van der Waals surface area contributed by atoms with Gasteiger partial charge in [0, 0.05) is 19.5 Å². The zero-order valence-electron chi connectivity index (χ0n) is 13.4. The molecule has 1 N–H and O–H groups in total.